The highest BCUT2D eigenvalue weighted by molar-refractivity contribution is 5.74. The number of carbonyl (C=O) groups excluding carboxylic acids is 1. The summed E-state index contributed by atoms with van der Waals surface area (Å²) in [6, 6.07) is 11.7. The minimum Gasteiger partial charge on any atom is -0.394 e. The van der Waals surface area contributed by atoms with Crippen LogP contribution in [0.25, 0.3) is 11.1 Å². The van der Waals surface area contributed by atoms with Crippen molar-refractivity contribution in [3.63, 3.8) is 0 Å². The Balaban J connectivity index is 1.89. The van der Waals surface area contributed by atoms with Gasteiger partial charge >= 0.3 is 6.03 Å². The Kier molecular flexibility index (Phi) is 6.32. The fourth-order valence-corrected chi connectivity index (χ4v) is 2.58. The highest BCUT2D eigenvalue weighted by atomic mass is 16.3. The number of carbonyl (C=O) groups is 1. The summed E-state index contributed by atoms with van der Waals surface area (Å²) in [4.78, 5) is 16.1. The van der Waals surface area contributed by atoms with E-state index in [2.05, 4.69) is 15.6 Å². The van der Waals surface area contributed by atoms with Crippen LogP contribution in [0.3, 0.4) is 0 Å². The van der Waals surface area contributed by atoms with E-state index in [1.165, 1.54) is 0 Å². The van der Waals surface area contributed by atoms with Crippen molar-refractivity contribution < 1.29 is 9.90 Å². The monoisotopic (exact) mass is 327 g/mol. The molecule has 3 N–H and O–H groups in total. The molecular weight excluding hydrogens is 302 g/mol. The van der Waals surface area contributed by atoms with Gasteiger partial charge in [0.2, 0.25) is 0 Å². The number of urea groups is 1. The van der Waals surface area contributed by atoms with E-state index in [9.17, 15) is 9.90 Å². The number of aromatic nitrogens is 1. The summed E-state index contributed by atoms with van der Waals surface area (Å²) < 4.78 is 0. The van der Waals surface area contributed by atoms with Crippen LogP contribution in [-0.4, -0.2) is 28.3 Å². The van der Waals surface area contributed by atoms with Crippen LogP contribution in [0.1, 0.15) is 32.3 Å². The topological polar surface area (TPSA) is 74.2 Å². The third-order valence-corrected chi connectivity index (χ3v) is 3.97. The molecule has 1 aromatic heterocycles. The minimum absolute atomic E-state index is 0.0753. The Morgan fingerprint density at radius 3 is 2.54 bits per heavy atom. The number of hydrogen-bond acceptors (Lipinski definition) is 3. The van der Waals surface area contributed by atoms with Crippen molar-refractivity contribution in [2.45, 2.75) is 38.8 Å². The summed E-state index contributed by atoms with van der Waals surface area (Å²) in [5.74, 6) is 0. The number of amides is 2. The van der Waals surface area contributed by atoms with Gasteiger partial charge in [0.25, 0.3) is 0 Å². The van der Waals surface area contributed by atoms with Gasteiger partial charge < -0.3 is 15.7 Å². The molecule has 0 aliphatic carbocycles. The van der Waals surface area contributed by atoms with Crippen molar-refractivity contribution in [1.82, 2.24) is 15.6 Å². The zero-order valence-electron chi connectivity index (χ0n) is 14.2. The summed E-state index contributed by atoms with van der Waals surface area (Å²) in [5, 5.41) is 15.1. The first-order chi connectivity index (χ1) is 11.6. The molecule has 0 aliphatic rings. The molecule has 5 heteroatoms. The van der Waals surface area contributed by atoms with E-state index >= 15 is 0 Å². The number of hydrogen-bond donors (Lipinski definition) is 3. The van der Waals surface area contributed by atoms with Gasteiger partial charge in [-0.1, -0.05) is 43.7 Å². The van der Waals surface area contributed by atoms with E-state index in [0.29, 0.717) is 6.54 Å². The van der Waals surface area contributed by atoms with Gasteiger partial charge in [-0.25, -0.2) is 4.79 Å². The van der Waals surface area contributed by atoms with Crippen molar-refractivity contribution in [2.75, 3.05) is 6.61 Å². The van der Waals surface area contributed by atoms with E-state index in [0.717, 1.165) is 29.5 Å². The standard InChI is InChI=1S/C19H25N3O2/c1-3-10-19(2,14-23)22-18(24)21-12-15-6-8-16(9-7-15)17-5-4-11-20-13-17/h4-9,11,13,23H,3,10,12,14H2,1-2H3,(H2,21,22,24). The van der Waals surface area contributed by atoms with Crippen LogP contribution in [0.15, 0.2) is 48.8 Å². The zero-order chi connectivity index (χ0) is 17.4. The highest BCUT2D eigenvalue weighted by Crippen LogP contribution is 2.18. The number of benzene rings is 1. The van der Waals surface area contributed by atoms with Crippen molar-refractivity contribution >= 4 is 6.03 Å². The summed E-state index contributed by atoms with van der Waals surface area (Å²) in [6.45, 7) is 4.23. The molecule has 0 saturated carbocycles. The van der Waals surface area contributed by atoms with Crippen LogP contribution >= 0.6 is 0 Å². The van der Waals surface area contributed by atoms with Crippen molar-refractivity contribution in [3.05, 3.63) is 54.4 Å². The van der Waals surface area contributed by atoms with Gasteiger partial charge in [-0.15, -0.1) is 0 Å². The SMILES string of the molecule is CCCC(C)(CO)NC(=O)NCc1ccc(-c2cccnc2)cc1. The Hall–Kier alpha value is -2.40. The maximum atomic E-state index is 12.0. The number of aliphatic hydroxyl groups excluding tert-OH is 1. The van der Waals surface area contributed by atoms with Crippen LogP contribution in [0.5, 0.6) is 0 Å². The number of nitrogens with zero attached hydrogens (tertiary/aromatic N) is 1. The molecule has 2 amide bonds. The Morgan fingerprint density at radius 1 is 1.21 bits per heavy atom. The molecule has 24 heavy (non-hydrogen) atoms. The first kappa shape index (κ1) is 17.9. The summed E-state index contributed by atoms with van der Waals surface area (Å²) in [7, 11) is 0. The molecule has 0 fully saturated rings. The lowest BCUT2D eigenvalue weighted by atomic mass is 9.98. The fraction of sp³-hybridized carbons (Fsp3) is 0.368. The second-order valence-electron chi connectivity index (χ2n) is 6.22. The normalized spacial score (nSPS) is 13.1. The van der Waals surface area contributed by atoms with Crippen molar-refractivity contribution in [3.8, 4) is 11.1 Å². The molecular formula is C19H25N3O2. The summed E-state index contributed by atoms with van der Waals surface area (Å²) >= 11 is 0. The van der Waals surface area contributed by atoms with E-state index in [4.69, 9.17) is 0 Å². The third kappa shape index (κ3) is 5.06. The Morgan fingerprint density at radius 2 is 1.96 bits per heavy atom. The zero-order valence-corrected chi connectivity index (χ0v) is 14.2. The molecule has 2 aromatic rings. The second-order valence-corrected chi connectivity index (χ2v) is 6.22. The molecule has 1 atom stereocenters. The van der Waals surface area contributed by atoms with Crippen LogP contribution in [0, 0.1) is 0 Å². The number of nitrogens with one attached hydrogen (secondary N) is 2. The summed E-state index contributed by atoms with van der Waals surface area (Å²) in [5.41, 5.74) is 2.59. The molecule has 0 saturated heterocycles. The van der Waals surface area contributed by atoms with Gasteiger partial charge in [0, 0.05) is 18.9 Å². The minimum atomic E-state index is -0.580. The third-order valence-electron chi connectivity index (χ3n) is 3.97. The Bertz CT molecular complexity index is 643. The second kappa shape index (κ2) is 8.45. The van der Waals surface area contributed by atoms with E-state index in [1.807, 2.05) is 56.4 Å². The molecule has 2 rings (SSSR count). The number of pyridine rings is 1. The molecule has 0 aliphatic heterocycles. The molecule has 1 unspecified atom stereocenters. The van der Waals surface area contributed by atoms with Gasteiger partial charge in [-0.05, 0) is 36.1 Å². The molecule has 0 spiro atoms. The first-order valence-electron chi connectivity index (χ1n) is 8.22. The van der Waals surface area contributed by atoms with Crippen LogP contribution < -0.4 is 10.6 Å². The average Bonchev–Trinajstić information content (AvgIpc) is 2.61. The summed E-state index contributed by atoms with van der Waals surface area (Å²) in [6.07, 6.45) is 5.20. The van der Waals surface area contributed by atoms with Crippen molar-refractivity contribution in [1.29, 1.82) is 0 Å². The predicted molar refractivity (Wildman–Crippen MR) is 95.4 cm³/mol. The molecule has 128 valence electrons. The molecule has 5 nitrogen and oxygen atoms in total. The molecule has 0 bridgehead atoms. The van der Waals surface area contributed by atoms with Crippen LogP contribution in [-0.2, 0) is 6.54 Å². The lowest BCUT2D eigenvalue weighted by Gasteiger charge is -2.28. The quantitative estimate of drug-likeness (QED) is 0.731. The van der Waals surface area contributed by atoms with Crippen LogP contribution in [0.4, 0.5) is 4.79 Å². The average molecular weight is 327 g/mol. The fourth-order valence-electron chi connectivity index (χ4n) is 2.58. The van der Waals surface area contributed by atoms with E-state index in [1.54, 1.807) is 6.20 Å². The van der Waals surface area contributed by atoms with Gasteiger partial charge in [-0.2, -0.15) is 0 Å². The van der Waals surface area contributed by atoms with E-state index < -0.39 is 5.54 Å². The van der Waals surface area contributed by atoms with Crippen LogP contribution in [0.2, 0.25) is 0 Å². The smallest absolute Gasteiger partial charge is 0.315 e. The lowest BCUT2D eigenvalue weighted by Crippen LogP contribution is -2.52. The first-order valence-corrected chi connectivity index (χ1v) is 8.22. The van der Waals surface area contributed by atoms with Gasteiger partial charge in [0.05, 0.1) is 12.1 Å². The highest BCUT2D eigenvalue weighted by Gasteiger charge is 2.24. The predicted octanol–water partition coefficient (Wildman–Crippen LogP) is 3.10. The maximum absolute atomic E-state index is 12.0. The van der Waals surface area contributed by atoms with Crippen molar-refractivity contribution in [2.24, 2.45) is 0 Å². The number of rotatable bonds is 7. The number of aliphatic hydroxyl groups is 1. The molecule has 0 radical (unpaired) electrons. The van der Waals surface area contributed by atoms with Gasteiger partial charge in [0.15, 0.2) is 0 Å². The lowest BCUT2D eigenvalue weighted by molar-refractivity contribution is 0.163. The molecule has 1 heterocycles. The van der Waals surface area contributed by atoms with E-state index in [-0.39, 0.29) is 12.6 Å². The maximum Gasteiger partial charge on any atom is 0.315 e. The van der Waals surface area contributed by atoms with Gasteiger partial charge in [-0.3, -0.25) is 4.98 Å². The molecule has 1 aromatic carbocycles. The Labute approximate surface area is 143 Å². The van der Waals surface area contributed by atoms with Gasteiger partial charge in [0.1, 0.15) is 0 Å². The largest absolute Gasteiger partial charge is 0.394 e.